The lowest BCUT2D eigenvalue weighted by Gasteiger charge is -2.24. The molecular weight excluding hydrogens is 188 g/mol. The molecule has 0 atom stereocenters. The monoisotopic (exact) mass is 212 g/mol. The van der Waals surface area contributed by atoms with E-state index in [0.717, 1.165) is 0 Å². The van der Waals surface area contributed by atoms with Gasteiger partial charge in [-0.15, -0.1) is 0 Å². The molecule has 0 fully saturated rings. The summed E-state index contributed by atoms with van der Waals surface area (Å²) in [7, 11) is 0. The van der Waals surface area contributed by atoms with E-state index in [2.05, 4.69) is 27.7 Å². The predicted molar refractivity (Wildman–Crippen MR) is 63.6 cm³/mol. The highest BCUT2D eigenvalue weighted by Gasteiger charge is 2.17. The molecule has 0 saturated carbocycles. The number of Topliss-reactive ketones (excluding diaryl/α,β-unsaturated/α-hetero) is 1. The maximum Gasteiger partial charge on any atom is 0.161 e. The largest absolute Gasteiger partial charge is 0.497 e. The minimum absolute atomic E-state index is 0.154. The Balaban J connectivity index is 4.38. The van der Waals surface area contributed by atoms with E-state index in [-0.39, 0.29) is 11.9 Å². The van der Waals surface area contributed by atoms with Gasteiger partial charge in [0.15, 0.2) is 5.78 Å². The minimum atomic E-state index is 0.154. The van der Waals surface area contributed by atoms with Crippen LogP contribution < -0.4 is 0 Å². The first-order valence-electron chi connectivity index (χ1n) is 5.75. The summed E-state index contributed by atoms with van der Waals surface area (Å²) in [6, 6.07) is 0. The molecule has 0 aliphatic heterocycles. The van der Waals surface area contributed by atoms with E-state index >= 15 is 0 Å². The SMILES string of the molecule is CCC(=O)/C(C)=C/OC(C(C)C)C(C)C. The Morgan fingerprint density at radius 3 is 2.00 bits per heavy atom. The van der Waals surface area contributed by atoms with Gasteiger partial charge in [-0.2, -0.15) is 0 Å². The smallest absolute Gasteiger partial charge is 0.161 e. The van der Waals surface area contributed by atoms with Crippen LogP contribution in [0.1, 0.15) is 48.0 Å². The van der Waals surface area contributed by atoms with Gasteiger partial charge in [0.05, 0.1) is 6.26 Å². The Morgan fingerprint density at radius 1 is 1.20 bits per heavy atom. The lowest BCUT2D eigenvalue weighted by Crippen LogP contribution is -2.24. The molecule has 15 heavy (non-hydrogen) atoms. The first kappa shape index (κ1) is 14.2. The van der Waals surface area contributed by atoms with Gasteiger partial charge in [-0.1, -0.05) is 34.6 Å². The van der Waals surface area contributed by atoms with Gasteiger partial charge in [0.1, 0.15) is 6.10 Å². The second kappa shape index (κ2) is 6.65. The highest BCUT2D eigenvalue weighted by molar-refractivity contribution is 5.94. The minimum Gasteiger partial charge on any atom is -0.497 e. The van der Waals surface area contributed by atoms with Gasteiger partial charge in [-0.05, 0) is 18.8 Å². The predicted octanol–water partition coefficient (Wildman–Crippen LogP) is 3.57. The fraction of sp³-hybridized carbons (Fsp3) is 0.769. The van der Waals surface area contributed by atoms with Crippen LogP contribution in [-0.4, -0.2) is 11.9 Å². The van der Waals surface area contributed by atoms with Crippen molar-refractivity contribution in [1.29, 1.82) is 0 Å². The van der Waals surface area contributed by atoms with E-state index in [4.69, 9.17) is 4.74 Å². The second-order valence-electron chi connectivity index (χ2n) is 4.67. The van der Waals surface area contributed by atoms with Gasteiger partial charge >= 0.3 is 0 Å². The number of hydrogen-bond acceptors (Lipinski definition) is 2. The van der Waals surface area contributed by atoms with Crippen molar-refractivity contribution in [2.24, 2.45) is 11.8 Å². The number of ether oxygens (including phenoxy) is 1. The number of allylic oxidation sites excluding steroid dienone is 1. The molecule has 0 N–H and O–H groups in total. The van der Waals surface area contributed by atoms with E-state index in [1.165, 1.54) is 0 Å². The van der Waals surface area contributed by atoms with Gasteiger partial charge in [0, 0.05) is 12.0 Å². The average Bonchev–Trinajstić information content (AvgIpc) is 2.15. The van der Waals surface area contributed by atoms with Gasteiger partial charge < -0.3 is 4.74 Å². The van der Waals surface area contributed by atoms with Crippen molar-refractivity contribution in [2.45, 2.75) is 54.1 Å². The third-order valence-electron chi connectivity index (χ3n) is 2.48. The van der Waals surface area contributed by atoms with Gasteiger partial charge in [0.2, 0.25) is 0 Å². The first-order valence-corrected chi connectivity index (χ1v) is 5.75. The van der Waals surface area contributed by atoms with Crippen molar-refractivity contribution in [1.82, 2.24) is 0 Å². The molecular formula is C13H24O2. The Hall–Kier alpha value is -0.790. The normalized spacial score (nSPS) is 12.7. The fourth-order valence-corrected chi connectivity index (χ4v) is 1.61. The summed E-state index contributed by atoms with van der Waals surface area (Å²) in [5.74, 6) is 1.08. The number of carbonyl (C=O) groups excluding carboxylic acids is 1. The summed E-state index contributed by atoms with van der Waals surface area (Å²) >= 11 is 0. The van der Waals surface area contributed by atoms with Crippen molar-refractivity contribution < 1.29 is 9.53 Å². The highest BCUT2D eigenvalue weighted by Crippen LogP contribution is 2.17. The van der Waals surface area contributed by atoms with Crippen LogP contribution >= 0.6 is 0 Å². The lowest BCUT2D eigenvalue weighted by atomic mass is 9.96. The molecule has 0 amide bonds. The summed E-state index contributed by atoms with van der Waals surface area (Å²) in [5, 5.41) is 0. The number of rotatable bonds is 6. The molecule has 88 valence electrons. The molecule has 0 bridgehead atoms. The molecule has 0 spiro atoms. The second-order valence-corrected chi connectivity index (χ2v) is 4.67. The molecule has 2 heteroatoms. The highest BCUT2D eigenvalue weighted by atomic mass is 16.5. The van der Waals surface area contributed by atoms with Crippen LogP contribution in [0.2, 0.25) is 0 Å². The zero-order valence-corrected chi connectivity index (χ0v) is 10.8. The molecule has 0 aromatic rings. The topological polar surface area (TPSA) is 26.3 Å². The van der Waals surface area contributed by atoms with Gasteiger partial charge in [-0.3, -0.25) is 4.79 Å². The molecule has 0 aromatic heterocycles. The lowest BCUT2D eigenvalue weighted by molar-refractivity contribution is -0.115. The van der Waals surface area contributed by atoms with Crippen LogP contribution in [0.15, 0.2) is 11.8 Å². The van der Waals surface area contributed by atoms with Crippen LogP contribution in [0, 0.1) is 11.8 Å². The zero-order chi connectivity index (χ0) is 12.0. The Labute approximate surface area is 93.7 Å². The van der Waals surface area contributed by atoms with Crippen molar-refractivity contribution in [3.05, 3.63) is 11.8 Å². The molecule has 0 aromatic carbocycles. The summed E-state index contributed by atoms with van der Waals surface area (Å²) in [6.45, 7) is 12.2. The van der Waals surface area contributed by atoms with Crippen LogP contribution in [0.3, 0.4) is 0 Å². The fourth-order valence-electron chi connectivity index (χ4n) is 1.61. The molecule has 0 unspecified atom stereocenters. The molecule has 0 aliphatic rings. The average molecular weight is 212 g/mol. The maximum atomic E-state index is 11.3. The molecule has 2 nitrogen and oxygen atoms in total. The third-order valence-corrected chi connectivity index (χ3v) is 2.48. The molecule has 0 saturated heterocycles. The standard InChI is InChI=1S/C13H24O2/c1-7-12(14)11(6)8-15-13(9(2)3)10(4)5/h8-10,13H,7H2,1-6H3/b11-8+. The van der Waals surface area contributed by atoms with E-state index in [1.807, 2.05) is 13.8 Å². The van der Waals surface area contributed by atoms with Crippen LogP contribution in [0.25, 0.3) is 0 Å². The number of carbonyl (C=O) groups is 1. The summed E-state index contributed by atoms with van der Waals surface area (Å²) < 4.78 is 5.67. The quantitative estimate of drug-likeness (QED) is 0.497. The Morgan fingerprint density at radius 2 is 1.67 bits per heavy atom. The van der Waals surface area contributed by atoms with Crippen LogP contribution in [0.5, 0.6) is 0 Å². The molecule has 0 radical (unpaired) electrons. The van der Waals surface area contributed by atoms with E-state index in [0.29, 0.717) is 23.8 Å². The number of ketones is 1. The van der Waals surface area contributed by atoms with Crippen LogP contribution in [0.4, 0.5) is 0 Å². The van der Waals surface area contributed by atoms with E-state index < -0.39 is 0 Å². The molecule has 0 rings (SSSR count). The van der Waals surface area contributed by atoms with Gasteiger partial charge in [-0.25, -0.2) is 0 Å². The Bertz CT molecular complexity index is 219. The van der Waals surface area contributed by atoms with E-state index in [9.17, 15) is 4.79 Å². The summed E-state index contributed by atoms with van der Waals surface area (Å²) in [4.78, 5) is 11.3. The summed E-state index contributed by atoms with van der Waals surface area (Å²) in [6.07, 6.45) is 2.35. The summed E-state index contributed by atoms with van der Waals surface area (Å²) in [5.41, 5.74) is 0.712. The third kappa shape index (κ3) is 5.01. The molecule has 0 heterocycles. The molecule has 0 aliphatic carbocycles. The maximum absolute atomic E-state index is 11.3. The van der Waals surface area contributed by atoms with Crippen molar-refractivity contribution in [2.75, 3.05) is 0 Å². The van der Waals surface area contributed by atoms with Gasteiger partial charge in [0.25, 0.3) is 0 Å². The van der Waals surface area contributed by atoms with Crippen molar-refractivity contribution in [3.8, 4) is 0 Å². The zero-order valence-electron chi connectivity index (χ0n) is 10.8. The van der Waals surface area contributed by atoms with Crippen molar-refractivity contribution in [3.63, 3.8) is 0 Å². The van der Waals surface area contributed by atoms with E-state index in [1.54, 1.807) is 6.26 Å². The van der Waals surface area contributed by atoms with Crippen molar-refractivity contribution >= 4 is 5.78 Å². The number of hydrogen-bond donors (Lipinski definition) is 0. The van der Waals surface area contributed by atoms with Crippen LogP contribution in [-0.2, 0) is 9.53 Å². The Kier molecular flexibility index (Phi) is 6.30. The first-order chi connectivity index (χ1) is 6.90.